The van der Waals surface area contributed by atoms with Gasteiger partial charge in [-0.05, 0) is 48.0 Å². The van der Waals surface area contributed by atoms with Crippen molar-refractivity contribution in [3.8, 4) is 0 Å². The molecule has 1 aromatic rings. The van der Waals surface area contributed by atoms with Crippen molar-refractivity contribution in [3.63, 3.8) is 0 Å². The number of benzene rings is 1. The van der Waals surface area contributed by atoms with Crippen LogP contribution < -0.4 is 11.1 Å². The van der Waals surface area contributed by atoms with Crippen molar-refractivity contribution in [2.75, 3.05) is 12.3 Å². The van der Waals surface area contributed by atoms with E-state index in [0.29, 0.717) is 17.8 Å². The lowest BCUT2D eigenvalue weighted by Gasteiger charge is -2.04. The molecule has 0 unspecified atom stereocenters. The molecule has 0 fully saturated rings. The molecule has 3 nitrogen and oxygen atoms in total. The van der Waals surface area contributed by atoms with Crippen LogP contribution in [0.3, 0.4) is 0 Å². The predicted octanol–water partition coefficient (Wildman–Crippen LogP) is 2.73. The number of nitrogen functional groups attached to an aromatic ring is 1. The highest BCUT2D eigenvalue weighted by atomic mass is 79.9. The molecule has 0 aliphatic rings. The second kappa shape index (κ2) is 5.70. The molecule has 0 bridgehead atoms. The average molecular weight is 283 g/mol. The Bertz CT molecular complexity index is 423. The number of anilines is 1. The van der Waals surface area contributed by atoms with E-state index in [0.717, 1.165) is 4.47 Å². The molecule has 1 rings (SSSR count). The second-order valence-electron chi connectivity index (χ2n) is 3.73. The number of allylic oxidation sites excluding steroid dienone is 1. The second-order valence-corrected chi connectivity index (χ2v) is 4.58. The highest BCUT2D eigenvalue weighted by Gasteiger charge is 2.05. The first-order chi connectivity index (χ1) is 7.50. The number of hydrogen-bond donors (Lipinski definition) is 2. The Morgan fingerprint density at radius 1 is 1.50 bits per heavy atom. The van der Waals surface area contributed by atoms with E-state index in [9.17, 15) is 4.79 Å². The predicted molar refractivity (Wildman–Crippen MR) is 70.3 cm³/mol. The van der Waals surface area contributed by atoms with Gasteiger partial charge in [0, 0.05) is 22.3 Å². The topological polar surface area (TPSA) is 55.1 Å². The summed E-state index contributed by atoms with van der Waals surface area (Å²) in [6, 6.07) is 5.16. The van der Waals surface area contributed by atoms with Crippen molar-refractivity contribution in [2.45, 2.75) is 13.8 Å². The Hall–Kier alpha value is -1.29. The molecule has 0 radical (unpaired) electrons. The minimum Gasteiger partial charge on any atom is -0.398 e. The maximum absolute atomic E-state index is 11.7. The Morgan fingerprint density at radius 3 is 2.75 bits per heavy atom. The van der Waals surface area contributed by atoms with Gasteiger partial charge in [0.1, 0.15) is 0 Å². The number of nitrogens with two attached hydrogens (primary N) is 1. The highest BCUT2D eigenvalue weighted by Crippen LogP contribution is 2.19. The van der Waals surface area contributed by atoms with Gasteiger partial charge in [0.15, 0.2) is 0 Å². The molecule has 0 aromatic heterocycles. The lowest BCUT2D eigenvalue weighted by molar-refractivity contribution is 0.0958. The zero-order chi connectivity index (χ0) is 12.1. The van der Waals surface area contributed by atoms with Crippen molar-refractivity contribution in [3.05, 3.63) is 39.9 Å². The third-order valence-corrected chi connectivity index (χ3v) is 2.75. The molecule has 86 valence electrons. The monoisotopic (exact) mass is 282 g/mol. The number of carbonyl (C=O) groups is 1. The lowest BCUT2D eigenvalue weighted by Crippen LogP contribution is -2.23. The molecule has 3 N–H and O–H groups in total. The molecule has 0 aliphatic carbocycles. The van der Waals surface area contributed by atoms with Crippen LogP contribution in [0.5, 0.6) is 0 Å². The third-order valence-electron chi connectivity index (χ3n) is 2.03. The summed E-state index contributed by atoms with van der Waals surface area (Å²) in [5.41, 5.74) is 8.01. The van der Waals surface area contributed by atoms with Crippen LogP contribution in [0.25, 0.3) is 0 Å². The third kappa shape index (κ3) is 3.70. The van der Waals surface area contributed by atoms with Crippen LogP contribution in [0, 0.1) is 0 Å². The summed E-state index contributed by atoms with van der Waals surface area (Å²) in [7, 11) is 0. The van der Waals surface area contributed by atoms with E-state index < -0.39 is 0 Å². The van der Waals surface area contributed by atoms with Crippen molar-refractivity contribution in [1.29, 1.82) is 0 Å². The Morgan fingerprint density at radius 2 is 2.19 bits per heavy atom. The zero-order valence-electron chi connectivity index (χ0n) is 9.38. The lowest BCUT2D eigenvalue weighted by atomic mass is 10.2. The van der Waals surface area contributed by atoms with Gasteiger partial charge in [-0.2, -0.15) is 0 Å². The number of amides is 1. The largest absolute Gasteiger partial charge is 0.398 e. The summed E-state index contributed by atoms with van der Waals surface area (Å²) < 4.78 is 0.799. The SMILES string of the molecule is CC(C)=CCNC(=O)c1ccc(Br)c(N)c1. The van der Waals surface area contributed by atoms with E-state index in [1.54, 1.807) is 18.2 Å². The summed E-state index contributed by atoms with van der Waals surface area (Å²) in [4.78, 5) is 11.7. The van der Waals surface area contributed by atoms with E-state index in [-0.39, 0.29) is 5.91 Å². The van der Waals surface area contributed by atoms with Gasteiger partial charge in [-0.25, -0.2) is 0 Å². The van der Waals surface area contributed by atoms with E-state index in [2.05, 4.69) is 21.2 Å². The first-order valence-electron chi connectivity index (χ1n) is 4.97. The molecule has 1 aromatic carbocycles. The minimum atomic E-state index is -0.114. The Balaban J connectivity index is 2.66. The number of nitrogens with one attached hydrogen (secondary N) is 1. The number of hydrogen-bond acceptors (Lipinski definition) is 2. The van der Waals surface area contributed by atoms with Crippen LogP contribution in [0.15, 0.2) is 34.3 Å². The smallest absolute Gasteiger partial charge is 0.251 e. The maximum atomic E-state index is 11.7. The fourth-order valence-electron chi connectivity index (χ4n) is 1.13. The molecule has 1 amide bonds. The number of halogens is 1. The highest BCUT2D eigenvalue weighted by molar-refractivity contribution is 9.10. The molecule has 0 spiro atoms. The Kier molecular flexibility index (Phi) is 4.55. The summed E-state index contributed by atoms with van der Waals surface area (Å²) in [5.74, 6) is -0.114. The van der Waals surface area contributed by atoms with E-state index >= 15 is 0 Å². The number of carbonyl (C=O) groups excluding carboxylic acids is 1. The molecule has 0 aliphatic heterocycles. The van der Waals surface area contributed by atoms with Gasteiger partial charge in [-0.3, -0.25) is 4.79 Å². The van der Waals surface area contributed by atoms with Crippen LogP contribution in [0.1, 0.15) is 24.2 Å². The molecular weight excluding hydrogens is 268 g/mol. The van der Waals surface area contributed by atoms with Gasteiger partial charge in [0.2, 0.25) is 0 Å². The molecule has 0 saturated carbocycles. The summed E-state index contributed by atoms with van der Waals surface area (Å²) >= 11 is 3.28. The van der Waals surface area contributed by atoms with E-state index in [1.165, 1.54) is 5.57 Å². The standard InChI is InChI=1S/C12H15BrN2O/c1-8(2)5-6-15-12(16)9-3-4-10(13)11(14)7-9/h3-5,7H,6,14H2,1-2H3,(H,15,16). The van der Waals surface area contributed by atoms with Crippen LogP contribution in [-0.4, -0.2) is 12.5 Å². The first-order valence-corrected chi connectivity index (χ1v) is 5.76. The average Bonchev–Trinajstić information content (AvgIpc) is 2.21. The Labute approximate surface area is 104 Å². The molecule has 0 heterocycles. The van der Waals surface area contributed by atoms with Gasteiger partial charge in [-0.15, -0.1) is 0 Å². The van der Waals surface area contributed by atoms with Crippen LogP contribution in [0.2, 0.25) is 0 Å². The fraction of sp³-hybridized carbons (Fsp3) is 0.250. The van der Waals surface area contributed by atoms with E-state index in [4.69, 9.17) is 5.73 Å². The van der Waals surface area contributed by atoms with Gasteiger partial charge in [0.05, 0.1) is 0 Å². The fourth-order valence-corrected chi connectivity index (χ4v) is 1.38. The van der Waals surface area contributed by atoms with Crippen LogP contribution in [-0.2, 0) is 0 Å². The number of rotatable bonds is 3. The van der Waals surface area contributed by atoms with Gasteiger partial charge in [0.25, 0.3) is 5.91 Å². The quantitative estimate of drug-likeness (QED) is 0.662. The summed E-state index contributed by atoms with van der Waals surface area (Å²) in [6.07, 6.45) is 1.96. The van der Waals surface area contributed by atoms with E-state index in [1.807, 2.05) is 19.9 Å². The molecule has 0 atom stereocenters. The van der Waals surface area contributed by atoms with Crippen molar-refractivity contribution >= 4 is 27.5 Å². The van der Waals surface area contributed by atoms with Crippen molar-refractivity contribution in [1.82, 2.24) is 5.32 Å². The molecule has 4 heteroatoms. The summed E-state index contributed by atoms with van der Waals surface area (Å²) in [6.45, 7) is 4.52. The minimum absolute atomic E-state index is 0.114. The molecular formula is C12H15BrN2O. The first kappa shape index (κ1) is 12.8. The van der Waals surface area contributed by atoms with Crippen molar-refractivity contribution < 1.29 is 4.79 Å². The zero-order valence-corrected chi connectivity index (χ0v) is 11.0. The van der Waals surface area contributed by atoms with Gasteiger partial charge >= 0.3 is 0 Å². The van der Waals surface area contributed by atoms with Gasteiger partial charge < -0.3 is 11.1 Å². The van der Waals surface area contributed by atoms with Crippen LogP contribution in [0.4, 0.5) is 5.69 Å². The van der Waals surface area contributed by atoms with Gasteiger partial charge in [-0.1, -0.05) is 11.6 Å². The summed E-state index contributed by atoms with van der Waals surface area (Å²) in [5, 5.41) is 2.79. The molecule has 0 saturated heterocycles. The van der Waals surface area contributed by atoms with Crippen LogP contribution >= 0.6 is 15.9 Å². The normalized spacial score (nSPS) is 9.69. The molecule has 16 heavy (non-hydrogen) atoms. The van der Waals surface area contributed by atoms with Crippen molar-refractivity contribution in [2.24, 2.45) is 0 Å². The maximum Gasteiger partial charge on any atom is 0.251 e.